The van der Waals surface area contributed by atoms with Gasteiger partial charge in [0.05, 0.1) is 24.9 Å². The Hall–Kier alpha value is -1.63. The van der Waals surface area contributed by atoms with Crippen LogP contribution in [0.4, 0.5) is 0 Å². The van der Waals surface area contributed by atoms with Crippen LogP contribution in [0.15, 0.2) is 48.5 Å². The van der Waals surface area contributed by atoms with Crippen molar-refractivity contribution in [2.75, 3.05) is 13.2 Å². The molecule has 0 aliphatic heterocycles. The molecule has 130 valence electrons. The number of aliphatic hydroxyl groups is 3. The first-order chi connectivity index (χ1) is 11.5. The molecule has 1 atom stereocenters. The number of rotatable bonds is 8. The minimum Gasteiger partial charge on any atom is -0.457 e. The topological polar surface area (TPSA) is 82.0 Å². The van der Waals surface area contributed by atoms with Crippen LogP contribution in [0.25, 0.3) is 0 Å². The van der Waals surface area contributed by atoms with Crippen LogP contribution in [0.3, 0.4) is 0 Å². The number of aryl methyl sites for hydroxylation is 1. The van der Waals surface area contributed by atoms with Crippen LogP contribution in [-0.2, 0) is 0 Å². The minimum atomic E-state index is -1.14. The monoisotopic (exact) mass is 351 g/mol. The third kappa shape index (κ3) is 4.69. The summed E-state index contributed by atoms with van der Waals surface area (Å²) in [7, 11) is 0. The van der Waals surface area contributed by atoms with Gasteiger partial charge in [-0.1, -0.05) is 29.8 Å². The molecular weight excluding hydrogens is 330 g/mol. The fraction of sp³-hybridized carbons (Fsp3) is 0.333. The van der Waals surface area contributed by atoms with Crippen molar-refractivity contribution >= 4 is 11.8 Å². The quantitative estimate of drug-likeness (QED) is 0.550. The van der Waals surface area contributed by atoms with Crippen molar-refractivity contribution in [3.8, 4) is 11.5 Å². The third-order valence-electron chi connectivity index (χ3n) is 3.91. The standard InChI is InChI=1S/C18H22ClNO4/c1-13-2-6-15(7-3-13)24-16-8-4-14(5-9-16)17(23)10-18(11-21,12-22)20-19/h2-9,17,20-23H,10-12H2,1H3. The smallest absolute Gasteiger partial charge is 0.127 e. The van der Waals surface area contributed by atoms with Crippen molar-refractivity contribution in [3.05, 3.63) is 59.7 Å². The Kier molecular flexibility index (Phi) is 6.60. The number of hydrogen-bond acceptors (Lipinski definition) is 5. The predicted octanol–water partition coefficient (Wildman–Crippen LogP) is 2.68. The van der Waals surface area contributed by atoms with E-state index in [-0.39, 0.29) is 6.42 Å². The van der Waals surface area contributed by atoms with Gasteiger partial charge in [-0.25, -0.2) is 4.84 Å². The molecule has 2 aromatic rings. The molecule has 0 aromatic heterocycles. The fourth-order valence-electron chi connectivity index (χ4n) is 2.27. The second-order valence-electron chi connectivity index (χ2n) is 5.90. The lowest BCUT2D eigenvalue weighted by atomic mass is 9.92. The summed E-state index contributed by atoms with van der Waals surface area (Å²) in [6.07, 6.45) is -0.814. The van der Waals surface area contributed by atoms with Gasteiger partial charge in [-0.2, -0.15) is 0 Å². The van der Waals surface area contributed by atoms with Crippen molar-refractivity contribution in [1.29, 1.82) is 0 Å². The maximum atomic E-state index is 10.3. The van der Waals surface area contributed by atoms with Gasteiger partial charge in [0, 0.05) is 6.42 Å². The van der Waals surface area contributed by atoms with Crippen LogP contribution >= 0.6 is 11.8 Å². The van der Waals surface area contributed by atoms with Crippen molar-refractivity contribution in [3.63, 3.8) is 0 Å². The molecule has 0 amide bonds. The molecule has 0 saturated carbocycles. The van der Waals surface area contributed by atoms with Gasteiger partial charge >= 0.3 is 0 Å². The SMILES string of the molecule is Cc1ccc(Oc2ccc(C(O)CC(CO)(CO)NCl)cc2)cc1. The zero-order valence-electron chi connectivity index (χ0n) is 13.4. The van der Waals surface area contributed by atoms with Crippen LogP contribution in [-0.4, -0.2) is 34.1 Å². The van der Waals surface area contributed by atoms with Gasteiger partial charge in [-0.3, -0.25) is 0 Å². The van der Waals surface area contributed by atoms with Crippen molar-refractivity contribution in [2.24, 2.45) is 0 Å². The highest BCUT2D eigenvalue weighted by molar-refractivity contribution is 6.13. The van der Waals surface area contributed by atoms with E-state index < -0.39 is 24.9 Å². The van der Waals surface area contributed by atoms with Gasteiger partial charge in [-0.05, 0) is 48.5 Å². The van der Waals surface area contributed by atoms with Crippen LogP contribution in [0.1, 0.15) is 23.7 Å². The fourth-order valence-corrected chi connectivity index (χ4v) is 2.46. The highest BCUT2D eigenvalue weighted by Gasteiger charge is 2.31. The molecule has 2 aromatic carbocycles. The Labute approximate surface area is 146 Å². The number of halogens is 1. The van der Waals surface area contributed by atoms with Gasteiger partial charge in [0.1, 0.15) is 11.5 Å². The van der Waals surface area contributed by atoms with E-state index in [4.69, 9.17) is 16.5 Å². The lowest BCUT2D eigenvalue weighted by Gasteiger charge is -2.30. The Morgan fingerprint density at radius 2 is 1.50 bits per heavy atom. The number of aliphatic hydroxyl groups excluding tert-OH is 3. The van der Waals surface area contributed by atoms with Crippen molar-refractivity contribution < 1.29 is 20.1 Å². The largest absolute Gasteiger partial charge is 0.457 e. The Balaban J connectivity index is 2.04. The normalized spacial score (nSPS) is 12.9. The van der Waals surface area contributed by atoms with E-state index in [9.17, 15) is 15.3 Å². The Bertz CT molecular complexity index is 618. The highest BCUT2D eigenvalue weighted by Crippen LogP contribution is 2.27. The molecule has 0 radical (unpaired) electrons. The van der Waals surface area contributed by atoms with E-state index in [0.717, 1.165) is 11.3 Å². The van der Waals surface area contributed by atoms with Crippen LogP contribution in [0.5, 0.6) is 11.5 Å². The maximum Gasteiger partial charge on any atom is 0.127 e. The van der Waals surface area contributed by atoms with E-state index in [1.54, 1.807) is 24.3 Å². The number of benzene rings is 2. The van der Waals surface area contributed by atoms with Gasteiger partial charge in [0.25, 0.3) is 0 Å². The lowest BCUT2D eigenvalue weighted by Crippen LogP contribution is -2.48. The molecular formula is C18H22ClNO4. The second kappa shape index (κ2) is 8.46. The third-order valence-corrected chi connectivity index (χ3v) is 4.31. The molecule has 6 heteroatoms. The first-order valence-electron chi connectivity index (χ1n) is 7.64. The van der Waals surface area contributed by atoms with E-state index in [1.807, 2.05) is 31.2 Å². The Morgan fingerprint density at radius 1 is 1.00 bits per heavy atom. The summed E-state index contributed by atoms with van der Waals surface area (Å²) in [6, 6.07) is 14.7. The Morgan fingerprint density at radius 3 is 1.96 bits per heavy atom. The molecule has 0 aliphatic carbocycles. The summed E-state index contributed by atoms with van der Waals surface area (Å²) in [4.78, 5) is 2.35. The molecule has 0 heterocycles. The van der Waals surface area contributed by atoms with Crippen LogP contribution in [0.2, 0.25) is 0 Å². The summed E-state index contributed by atoms with van der Waals surface area (Å²) >= 11 is 5.58. The molecule has 0 spiro atoms. The lowest BCUT2D eigenvalue weighted by molar-refractivity contribution is 0.0526. The average Bonchev–Trinajstić information content (AvgIpc) is 2.62. The van der Waals surface area contributed by atoms with Crippen LogP contribution < -0.4 is 9.57 Å². The molecule has 0 bridgehead atoms. The van der Waals surface area contributed by atoms with E-state index in [1.165, 1.54) is 0 Å². The predicted molar refractivity (Wildman–Crippen MR) is 93.2 cm³/mol. The first kappa shape index (κ1) is 18.7. The summed E-state index contributed by atoms with van der Waals surface area (Å²) < 4.78 is 5.74. The molecule has 24 heavy (non-hydrogen) atoms. The van der Waals surface area contributed by atoms with E-state index in [0.29, 0.717) is 11.3 Å². The van der Waals surface area contributed by atoms with E-state index in [2.05, 4.69) is 4.84 Å². The molecule has 0 fully saturated rings. The van der Waals surface area contributed by atoms with Crippen LogP contribution in [0, 0.1) is 6.92 Å². The van der Waals surface area contributed by atoms with E-state index >= 15 is 0 Å². The van der Waals surface area contributed by atoms with Gasteiger partial charge in [0.2, 0.25) is 0 Å². The molecule has 5 nitrogen and oxygen atoms in total. The first-order valence-corrected chi connectivity index (χ1v) is 8.02. The summed E-state index contributed by atoms with van der Waals surface area (Å²) in [5.74, 6) is 1.39. The zero-order chi connectivity index (χ0) is 17.6. The number of nitrogens with one attached hydrogen (secondary N) is 1. The van der Waals surface area contributed by atoms with Gasteiger partial charge in [-0.15, -0.1) is 0 Å². The van der Waals surface area contributed by atoms with Crippen molar-refractivity contribution in [2.45, 2.75) is 25.0 Å². The van der Waals surface area contributed by atoms with Gasteiger partial charge in [0.15, 0.2) is 0 Å². The van der Waals surface area contributed by atoms with Crippen molar-refractivity contribution in [1.82, 2.24) is 4.84 Å². The zero-order valence-corrected chi connectivity index (χ0v) is 14.2. The molecule has 0 aliphatic rings. The summed E-state index contributed by atoms with van der Waals surface area (Å²) in [5, 5.41) is 29.0. The number of ether oxygens (including phenoxy) is 1. The summed E-state index contributed by atoms with van der Waals surface area (Å²) in [5.41, 5.74) is 0.660. The second-order valence-corrected chi connectivity index (χ2v) is 6.08. The molecule has 1 unspecified atom stereocenters. The summed E-state index contributed by atoms with van der Waals surface area (Å²) in [6.45, 7) is 1.23. The maximum absolute atomic E-state index is 10.3. The highest BCUT2D eigenvalue weighted by atomic mass is 35.5. The molecule has 0 saturated heterocycles. The van der Waals surface area contributed by atoms with Gasteiger partial charge < -0.3 is 20.1 Å². The number of hydrogen-bond donors (Lipinski definition) is 4. The average molecular weight is 352 g/mol. The minimum absolute atomic E-state index is 0.0711. The molecule has 2 rings (SSSR count). The molecule has 4 N–H and O–H groups in total.